The van der Waals surface area contributed by atoms with Crippen molar-refractivity contribution in [2.45, 2.75) is 29.8 Å². The van der Waals surface area contributed by atoms with Gasteiger partial charge in [-0.2, -0.15) is 4.31 Å². The summed E-state index contributed by atoms with van der Waals surface area (Å²) in [5, 5.41) is 10.1. The highest BCUT2D eigenvalue weighted by Gasteiger charge is 2.55. The molecule has 0 bridgehead atoms. The van der Waals surface area contributed by atoms with Gasteiger partial charge in [-0.05, 0) is 54.4 Å². The summed E-state index contributed by atoms with van der Waals surface area (Å²) in [5.41, 5.74) is 3.25. The highest BCUT2D eigenvalue weighted by molar-refractivity contribution is 7.89. The fraction of sp³-hybridized carbons (Fsp3) is 0.276. The average molecular weight is 517 g/mol. The second kappa shape index (κ2) is 10.0. The van der Waals surface area contributed by atoms with Crippen molar-refractivity contribution in [1.82, 2.24) is 9.21 Å². The minimum Gasteiger partial charge on any atom is -0.497 e. The number of sulfonamides is 1. The Bertz CT molecular complexity index is 1490. The van der Waals surface area contributed by atoms with Crippen LogP contribution in [0.5, 0.6) is 5.75 Å². The van der Waals surface area contributed by atoms with E-state index in [0.29, 0.717) is 5.56 Å². The van der Waals surface area contributed by atoms with Crippen LogP contribution in [-0.2, 0) is 14.8 Å². The minimum atomic E-state index is -3.83. The molecule has 0 aromatic heterocycles. The zero-order valence-electron chi connectivity index (χ0n) is 20.7. The number of aliphatic hydroxyl groups is 1. The molecule has 0 aliphatic carbocycles. The maximum atomic E-state index is 13.4. The van der Waals surface area contributed by atoms with Gasteiger partial charge in [0.1, 0.15) is 5.75 Å². The molecular formula is C29H28N2O5S. The normalized spacial score (nSPS) is 21.4. The molecule has 3 aromatic rings. The van der Waals surface area contributed by atoms with Gasteiger partial charge in [0.05, 0.1) is 37.2 Å². The van der Waals surface area contributed by atoms with Crippen LogP contribution in [0.2, 0.25) is 0 Å². The van der Waals surface area contributed by atoms with Crippen molar-refractivity contribution in [2.75, 3.05) is 26.8 Å². The molecule has 8 heteroatoms. The smallest absolute Gasteiger partial charge is 0.243 e. The molecule has 3 aromatic carbocycles. The number of aliphatic hydroxyl groups excluding tert-OH is 1. The molecule has 0 unspecified atom stereocenters. The first-order valence-electron chi connectivity index (χ1n) is 12.1. The van der Waals surface area contributed by atoms with Gasteiger partial charge in [-0.25, -0.2) is 8.42 Å². The third kappa shape index (κ3) is 4.62. The van der Waals surface area contributed by atoms with Crippen molar-refractivity contribution in [3.63, 3.8) is 0 Å². The van der Waals surface area contributed by atoms with E-state index in [4.69, 9.17) is 4.74 Å². The summed E-state index contributed by atoms with van der Waals surface area (Å²) in [4.78, 5) is 14.8. The molecule has 2 aliphatic rings. The van der Waals surface area contributed by atoms with Gasteiger partial charge in [-0.1, -0.05) is 48.2 Å². The van der Waals surface area contributed by atoms with Crippen molar-refractivity contribution in [3.05, 3.63) is 95.1 Å². The lowest BCUT2D eigenvalue weighted by Gasteiger charge is -2.58. The summed E-state index contributed by atoms with van der Waals surface area (Å²) < 4.78 is 33.3. The molecule has 1 N–H and O–H groups in total. The van der Waals surface area contributed by atoms with Crippen LogP contribution >= 0.6 is 0 Å². The predicted octanol–water partition coefficient (Wildman–Crippen LogP) is 2.76. The number of hydrogen-bond acceptors (Lipinski definition) is 5. The van der Waals surface area contributed by atoms with Crippen molar-refractivity contribution in [2.24, 2.45) is 0 Å². The van der Waals surface area contributed by atoms with Crippen LogP contribution in [0.15, 0.2) is 77.7 Å². The van der Waals surface area contributed by atoms with Gasteiger partial charge in [0.25, 0.3) is 0 Å². The van der Waals surface area contributed by atoms with Crippen LogP contribution in [0, 0.1) is 18.8 Å². The van der Waals surface area contributed by atoms with E-state index in [9.17, 15) is 18.3 Å². The lowest BCUT2D eigenvalue weighted by molar-refractivity contribution is -0.158. The minimum absolute atomic E-state index is 0.177. The van der Waals surface area contributed by atoms with Crippen molar-refractivity contribution in [1.29, 1.82) is 0 Å². The highest BCUT2D eigenvalue weighted by Crippen LogP contribution is 2.43. The number of hydrogen-bond donors (Lipinski definition) is 1. The summed E-state index contributed by atoms with van der Waals surface area (Å²) >= 11 is 0. The van der Waals surface area contributed by atoms with Crippen LogP contribution in [0.3, 0.4) is 0 Å². The maximum Gasteiger partial charge on any atom is 0.243 e. The predicted molar refractivity (Wildman–Crippen MR) is 140 cm³/mol. The van der Waals surface area contributed by atoms with Gasteiger partial charge in [-0.15, -0.1) is 0 Å². The number of amides is 1. The quantitative estimate of drug-likeness (QED) is 0.527. The molecule has 2 aliphatic heterocycles. The Kier molecular flexibility index (Phi) is 6.78. The van der Waals surface area contributed by atoms with Crippen LogP contribution in [0.25, 0.3) is 0 Å². The Hall–Kier alpha value is -3.64. The summed E-state index contributed by atoms with van der Waals surface area (Å²) in [6.07, 6.45) is 0. The molecule has 0 saturated carbocycles. The molecular weight excluding hydrogens is 488 g/mol. The molecule has 5 rings (SSSR count). The van der Waals surface area contributed by atoms with Crippen molar-refractivity contribution in [3.8, 4) is 17.6 Å². The Morgan fingerprint density at radius 1 is 1.00 bits per heavy atom. The number of carbonyl (C=O) groups is 1. The van der Waals surface area contributed by atoms with E-state index in [1.807, 2.05) is 48.5 Å². The monoisotopic (exact) mass is 516 g/mol. The molecule has 7 nitrogen and oxygen atoms in total. The average Bonchev–Trinajstić information content (AvgIpc) is 2.89. The zero-order chi connectivity index (χ0) is 26.2. The Morgan fingerprint density at radius 2 is 1.73 bits per heavy atom. The van der Waals surface area contributed by atoms with E-state index in [1.54, 1.807) is 43.2 Å². The molecule has 37 heavy (non-hydrogen) atoms. The number of piperazine rings is 1. The Morgan fingerprint density at radius 3 is 2.43 bits per heavy atom. The zero-order valence-corrected chi connectivity index (χ0v) is 21.5. The Labute approximate surface area is 217 Å². The topological polar surface area (TPSA) is 87.2 Å². The number of ether oxygens (including phenoxy) is 1. The second-order valence-corrected chi connectivity index (χ2v) is 11.2. The summed E-state index contributed by atoms with van der Waals surface area (Å²) in [6, 6.07) is 21.3. The first-order valence-corrected chi connectivity index (χ1v) is 13.5. The van der Waals surface area contributed by atoms with Crippen molar-refractivity contribution < 1.29 is 23.1 Å². The van der Waals surface area contributed by atoms with E-state index >= 15 is 0 Å². The first-order chi connectivity index (χ1) is 17.8. The fourth-order valence-electron chi connectivity index (χ4n) is 5.27. The third-order valence-electron chi connectivity index (χ3n) is 7.15. The van der Waals surface area contributed by atoms with Gasteiger partial charge in [0.15, 0.2) is 0 Å². The number of aryl methyl sites for hydroxylation is 1. The largest absolute Gasteiger partial charge is 0.497 e. The number of carbonyl (C=O) groups excluding carboxylic acids is 1. The van der Waals surface area contributed by atoms with E-state index in [0.717, 1.165) is 22.4 Å². The maximum absolute atomic E-state index is 13.4. The lowest BCUT2D eigenvalue weighted by atomic mass is 9.74. The van der Waals surface area contributed by atoms with Gasteiger partial charge in [-0.3, -0.25) is 4.79 Å². The second-order valence-electron chi connectivity index (χ2n) is 9.31. The van der Waals surface area contributed by atoms with Gasteiger partial charge in [0, 0.05) is 23.6 Å². The number of benzene rings is 3. The lowest BCUT2D eigenvalue weighted by Crippen LogP contribution is -2.73. The standard InChI is InChI=1S/C29H28N2O5S/c1-20-6-3-4-9-27(20)37(34,35)30-17-25-29(26(19-32)31(25)28(33)18-30)23-14-12-21(13-15-23)10-11-22-7-5-8-24(16-22)36-2/h3-9,12-16,25-26,29,32H,17-19H2,1-2H3/t25-,26+,29-/m1/s1. The molecule has 2 fully saturated rings. The fourth-order valence-corrected chi connectivity index (χ4v) is 6.90. The molecule has 190 valence electrons. The number of nitrogens with zero attached hydrogens (tertiary/aromatic N) is 2. The van der Waals surface area contributed by atoms with E-state index in [2.05, 4.69) is 11.8 Å². The molecule has 1 amide bonds. The molecule has 2 heterocycles. The molecule has 0 radical (unpaired) electrons. The van der Waals surface area contributed by atoms with Crippen LogP contribution in [0.1, 0.15) is 28.2 Å². The number of methoxy groups -OCH3 is 1. The first kappa shape index (κ1) is 25.0. The van der Waals surface area contributed by atoms with Crippen LogP contribution < -0.4 is 4.74 Å². The van der Waals surface area contributed by atoms with Gasteiger partial charge in [0.2, 0.25) is 15.9 Å². The van der Waals surface area contributed by atoms with Crippen LogP contribution in [-0.4, -0.2) is 67.5 Å². The molecule has 0 spiro atoms. The molecule has 3 atom stereocenters. The van der Waals surface area contributed by atoms with Gasteiger partial charge >= 0.3 is 0 Å². The Balaban J connectivity index is 1.38. The van der Waals surface area contributed by atoms with E-state index in [1.165, 1.54) is 4.31 Å². The highest BCUT2D eigenvalue weighted by atomic mass is 32.2. The van der Waals surface area contributed by atoms with E-state index < -0.39 is 10.0 Å². The van der Waals surface area contributed by atoms with Gasteiger partial charge < -0.3 is 14.7 Å². The summed E-state index contributed by atoms with van der Waals surface area (Å²) in [6.45, 7) is 1.52. The third-order valence-corrected chi connectivity index (χ3v) is 9.12. The number of fused-ring (bicyclic) bond motifs is 1. The SMILES string of the molecule is COc1cccc(C#Cc2ccc([C@@H]3[C@H]4CN(S(=O)(=O)c5ccccc5C)CC(=O)N4[C@H]3CO)cc2)c1. The number of rotatable bonds is 5. The van der Waals surface area contributed by atoms with Crippen molar-refractivity contribution >= 4 is 15.9 Å². The van der Waals surface area contributed by atoms with Crippen LogP contribution in [0.4, 0.5) is 0 Å². The summed E-state index contributed by atoms with van der Waals surface area (Å²) in [5.74, 6) is 6.55. The van der Waals surface area contributed by atoms with E-state index in [-0.39, 0.29) is 48.5 Å². The molecule has 2 saturated heterocycles. The summed E-state index contributed by atoms with van der Waals surface area (Å²) in [7, 11) is -2.21.